The van der Waals surface area contributed by atoms with Crippen molar-refractivity contribution in [2.45, 2.75) is 0 Å². The monoisotopic (exact) mass is 1790 g/mol. The molecule has 0 atom stereocenters. The average Bonchev–Trinajstić information content (AvgIpc) is 0.797. The van der Waals surface area contributed by atoms with Gasteiger partial charge in [0.05, 0.1) is 71.3 Å². The van der Waals surface area contributed by atoms with E-state index in [2.05, 4.69) is 60.7 Å². The van der Waals surface area contributed by atoms with Crippen LogP contribution < -0.4 is 0 Å². The molecule has 630 valence electrons. The zero-order chi connectivity index (χ0) is 135. The van der Waals surface area contributed by atoms with Crippen LogP contribution in [0, 0.1) is 0 Å². The van der Waals surface area contributed by atoms with Crippen LogP contribution >= 0.6 is 0 Å². The molecule has 0 heteroatoms. The van der Waals surface area contributed by atoms with E-state index in [0.717, 1.165) is 70.0 Å². The number of hydrogen-bond acceptors (Lipinski definition) is 0. The van der Waals surface area contributed by atoms with Crippen molar-refractivity contribution in [1.82, 2.24) is 0 Å². The molecule has 0 aromatic heterocycles. The zero-order valence-electron chi connectivity index (χ0n) is 123. The Bertz CT molecular complexity index is 14400. The first-order valence-corrected chi connectivity index (χ1v) is 44.1. The molecule has 0 aliphatic rings. The van der Waals surface area contributed by atoms with Gasteiger partial charge in [-0.1, -0.05) is 436 Å². The summed E-state index contributed by atoms with van der Waals surface area (Å²) in [4.78, 5) is 0. The van der Waals surface area contributed by atoms with Gasteiger partial charge in [-0.05, 0) is 362 Å². The molecule has 0 fully saturated rings. The Morgan fingerprint density at radius 3 is 0.964 bits per heavy atom. The largest absolute Gasteiger partial charge is 0.0636 e. The topological polar surface area (TPSA) is 0 Å². The molecule has 0 amide bonds. The van der Waals surface area contributed by atoms with E-state index < -0.39 is 371 Å². The summed E-state index contributed by atoms with van der Waals surface area (Å²) in [5.74, 6) is 0. The lowest BCUT2D eigenvalue weighted by Gasteiger charge is -2.19. The molecule has 33 rings (SSSR count). The Labute approximate surface area is 865 Å². The maximum Gasteiger partial charge on any atom is 0.0636 e. The second-order valence-corrected chi connectivity index (χ2v) is 34.3. The van der Waals surface area contributed by atoms with Crippen molar-refractivity contribution in [3.8, 4) is 66.8 Å². The molecule has 0 unspecified atom stereocenters. The van der Waals surface area contributed by atoms with E-state index in [1.54, 1.807) is 24.3 Å². The normalized spacial score (nSPS) is 17.6. The van der Waals surface area contributed by atoms with Crippen molar-refractivity contribution < 1.29 is 71.3 Å². The number of benzene rings is 33. The molecule has 0 aliphatic carbocycles. The zero-order valence-corrected chi connectivity index (χ0v) is 71.0. The minimum Gasteiger partial charge on any atom is -0.0616 e. The summed E-state index contributed by atoms with van der Waals surface area (Å²) in [6, 6.07) is 17.5. The molecule has 0 saturated carbocycles. The second-order valence-electron chi connectivity index (χ2n) is 34.3. The Balaban J connectivity index is 0.000000121. The van der Waals surface area contributed by atoms with Crippen LogP contribution in [0.1, 0.15) is 71.3 Å². The number of rotatable bonds is 6. The quantitative estimate of drug-likeness (QED) is 0.146. The standard InChI is InChI=1S/3C46H26/c1-2-10-37-27(5-1)11-16-34-25-35(36-21-17-32-14-12-28-6-3-8-30-19-23-39(36)45(32)42(28)30)26-41(44(34)37)38-22-18-33-15-13-29-7-4-9-31-20-24-40(38)46(33)43(29)31;2*1-2-10-35-27(5-1)15-21-38-41(35)25-34(36-20-16-32-13-11-28-6-3-8-30-18-23-39(36)45(32)43(28)30)26-42(38)37-22-17-33-14-12-29-7-4-9-31-19-24-40(37)46(33)44(29)31/h3*1-26H/i1D,2D,5D,10D,11D,16D,25D,26D;1D,2D,3D,4D,5D,6D,7D,8D,9D,10D,11D,12D,13D,14D,15D,16D,17D,18D,19D,20D,21D,22D,23D,24D,25D,26D;3D,4D,6D,7D,8D,9D,11D,12D,13D,14D,16D,17D,18D,19D,20D,22D,23D,24D. The minimum atomic E-state index is -1.01. The average molecular weight is 1790 g/mol. The summed E-state index contributed by atoms with van der Waals surface area (Å²) in [5, 5.41) is 5.84. The van der Waals surface area contributed by atoms with Crippen LogP contribution in [0.5, 0.6) is 0 Å². The molecular weight excluding hydrogens is 1660 g/mol. The van der Waals surface area contributed by atoms with Crippen molar-refractivity contribution in [3.05, 3.63) is 472 Å². The van der Waals surface area contributed by atoms with Crippen molar-refractivity contribution in [2.75, 3.05) is 0 Å². The number of fused-ring (bicyclic) bond motifs is 9. The summed E-state index contributed by atoms with van der Waals surface area (Å²) in [6.07, 6.45) is 0. The lowest BCUT2D eigenvalue weighted by atomic mass is 9.84. The molecular formula is C138H78. The van der Waals surface area contributed by atoms with Crippen LogP contribution in [-0.4, -0.2) is 0 Å². The van der Waals surface area contributed by atoms with Crippen LogP contribution in [0.2, 0.25) is 0 Å². The van der Waals surface area contributed by atoms with E-state index >= 15 is 0 Å². The van der Waals surface area contributed by atoms with Gasteiger partial charge in [0.2, 0.25) is 0 Å². The molecule has 0 heterocycles. The molecule has 0 spiro atoms. The van der Waals surface area contributed by atoms with Crippen molar-refractivity contribution >= 4 is 259 Å². The highest BCUT2D eigenvalue weighted by molar-refractivity contribution is 6.35. The Hall–Kier alpha value is -17.9. The molecule has 0 bridgehead atoms. The fraction of sp³-hybridized carbons (Fsp3) is 0. The third kappa shape index (κ3) is 11.0. The molecule has 138 heavy (non-hydrogen) atoms. The lowest BCUT2D eigenvalue weighted by Crippen LogP contribution is -1.91. The predicted molar refractivity (Wildman–Crippen MR) is 599 cm³/mol. The molecule has 0 radical (unpaired) electrons. The highest BCUT2D eigenvalue weighted by Gasteiger charge is 2.26. The van der Waals surface area contributed by atoms with Gasteiger partial charge in [0.1, 0.15) is 0 Å². The van der Waals surface area contributed by atoms with Gasteiger partial charge in [0.25, 0.3) is 0 Å². The van der Waals surface area contributed by atoms with Crippen LogP contribution in [0.4, 0.5) is 0 Å². The SMILES string of the molecule is [2H]c1c([2H])c([2H])c2c(c1[2H])c([2H])c([2H])c1c(-c3c([2H])c([2H])c4c([2H])c([2H])c5c([2H])c([2H])c([2H])c6c([2H])c([2H])c3c4c56)c([2H])c(-c3c([2H])c([2H])c4c([2H])c([2H])c5c([2H])c([2H])c([2H])c6c([2H])c([2H])c3c4c56)c([2H])c12.[2H]c1c([2H])c([2H])c2c(c1[2H])c([2H])c([2H])c1c([2H])c(-c3ccc4ccc5cccc6ccc3c4c56)c([2H])c(-c3ccc4ccc5cccc6ccc3c4c56)c12.[2H]c1c([2H])c2c([2H])c([2H])c3c([2H])c([2H])c(-c4cc(-c5c([2H])c([2H])c6c([2H])c([2H])c7c([2H])c([2H])c([2H])c8c([2H])c([2H])c5c6c78)c5ccc6ccccc6c5c4)c4c([2H])c([2H])c(c1[2H])c2c34. The Kier molecular flexibility index (Phi) is 8.70. The van der Waals surface area contributed by atoms with E-state index in [4.69, 9.17) is 37.0 Å². The van der Waals surface area contributed by atoms with E-state index in [-0.39, 0.29) is 160 Å². The van der Waals surface area contributed by atoms with Gasteiger partial charge >= 0.3 is 0 Å². The van der Waals surface area contributed by atoms with Gasteiger partial charge in [-0.3, -0.25) is 0 Å². The summed E-state index contributed by atoms with van der Waals surface area (Å²) in [7, 11) is 0. The van der Waals surface area contributed by atoms with E-state index in [1.165, 1.54) is 0 Å². The van der Waals surface area contributed by atoms with E-state index in [0.29, 0.717) is 38.4 Å². The highest BCUT2D eigenvalue weighted by Crippen LogP contribution is 2.53. The van der Waals surface area contributed by atoms with Crippen molar-refractivity contribution in [1.29, 1.82) is 0 Å². The first kappa shape index (κ1) is 41.7. The van der Waals surface area contributed by atoms with Crippen molar-refractivity contribution in [2.24, 2.45) is 0 Å². The first-order valence-electron chi connectivity index (χ1n) is 70.1. The van der Waals surface area contributed by atoms with Gasteiger partial charge in [-0.25, -0.2) is 0 Å². The summed E-state index contributed by atoms with van der Waals surface area (Å²) in [5.41, 5.74) is -0.773. The Morgan fingerprint density at radius 2 is 0.435 bits per heavy atom. The first-order chi connectivity index (χ1) is 90.2. The highest BCUT2D eigenvalue weighted by atomic mass is 14.3. The summed E-state index contributed by atoms with van der Waals surface area (Å²) in [6.45, 7) is 0. The van der Waals surface area contributed by atoms with Gasteiger partial charge in [-0.2, -0.15) is 0 Å². The third-order valence-corrected chi connectivity index (χ3v) is 27.3. The smallest absolute Gasteiger partial charge is 0.0616 e. The molecule has 0 nitrogen and oxygen atoms in total. The van der Waals surface area contributed by atoms with E-state index in [1.807, 2.05) is 72.8 Å². The maximum absolute atomic E-state index is 10.3. The van der Waals surface area contributed by atoms with E-state index in [9.17, 15) is 34.3 Å². The molecule has 33 aromatic carbocycles. The van der Waals surface area contributed by atoms with Gasteiger partial charge < -0.3 is 0 Å². The predicted octanol–water partition coefficient (Wildman–Crippen LogP) is 39.4. The molecule has 0 N–H and O–H groups in total. The fourth-order valence-electron chi connectivity index (χ4n) is 21.2. The maximum atomic E-state index is 10.3. The van der Waals surface area contributed by atoms with Crippen LogP contribution in [0.3, 0.4) is 0 Å². The minimum absolute atomic E-state index is 0.00505. The van der Waals surface area contributed by atoms with Gasteiger partial charge in [0, 0.05) is 0 Å². The van der Waals surface area contributed by atoms with Crippen LogP contribution in [0.15, 0.2) is 472 Å². The Morgan fingerprint density at radius 1 is 0.109 bits per heavy atom. The fourth-order valence-corrected chi connectivity index (χ4v) is 21.2. The summed E-state index contributed by atoms with van der Waals surface area (Å²) >= 11 is 0. The van der Waals surface area contributed by atoms with Gasteiger partial charge in [0.15, 0.2) is 0 Å². The molecule has 0 aliphatic heterocycles. The number of hydrogen-bond donors (Lipinski definition) is 0. The molecule has 0 saturated heterocycles. The second kappa shape index (κ2) is 28.8. The van der Waals surface area contributed by atoms with Crippen molar-refractivity contribution in [3.63, 3.8) is 0 Å². The third-order valence-electron chi connectivity index (χ3n) is 27.3. The van der Waals surface area contributed by atoms with Gasteiger partial charge in [-0.15, -0.1) is 0 Å². The van der Waals surface area contributed by atoms with Crippen LogP contribution in [-0.2, 0) is 0 Å². The van der Waals surface area contributed by atoms with Crippen LogP contribution in [0.25, 0.3) is 325 Å². The lowest BCUT2D eigenvalue weighted by molar-refractivity contribution is 1.68. The molecule has 33 aromatic rings. The summed E-state index contributed by atoms with van der Waals surface area (Å²) < 4.78 is 476.